The molecule has 1 N–H and O–H groups in total. The summed E-state index contributed by atoms with van der Waals surface area (Å²) >= 11 is 0. The number of aliphatic carboxylic acids is 1. The summed E-state index contributed by atoms with van der Waals surface area (Å²) in [5, 5.41) is 8.45. The third-order valence-corrected chi connectivity index (χ3v) is 4.41. The summed E-state index contributed by atoms with van der Waals surface area (Å²) in [5.74, 6) is -2.38. The van der Waals surface area contributed by atoms with E-state index in [1.807, 2.05) is 0 Å². The predicted molar refractivity (Wildman–Crippen MR) is 107 cm³/mol. The van der Waals surface area contributed by atoms with Crippen molar-refractivity contribution in [3.8, 4) is 0 Å². The van der Waals surface area contributed by atoms with Crippen LogP contribution in [0.2, 0.25) is 0 Å². The molecule has 0 spiro atoms. The van der Waals surface area contributed by atoms with Gasteiger partial charge >= 0.3 is 17.9 Å². The molecule has 0 aromatic heterocycles. The van der Waals surface area contributed by atoms with Gasteiger partial charge in [0, 0.05) is 6.42 Å². The van der Waals surface area contributed by atoms with E-state index in [-0.39, 0.29) is 19.3 Å². The zero-order chi connectivity index (χ0) is 20.2. The number of hydrogen-bond donors (Lipinski definition) is 1. The number of rotatable bonds is 18. The van der Waals surface area contributed by atoms with E-state index in [4.69, 9.17) is 5.11 Å². The van der Waals surface area contributed by atoms with Gasteiger partial charge in [-0.1, -0.05) is 70.4 Å². The maximum Gasteiger partial charge on any atom is 0.314 e. The zero-order valence-corrected chi connectivity index (χ0v) is 17.0. The topological polar surface area (TPSA) is 80.7 Å². The van der Waals surface area contributed by atoms with Crippen molar-refractivity contribution in [3.63, 3.8) is 0 Å². The van der Waals surface area contributed by atoms with Crippen molar-refractivity contribution in [2.24, 2.45) is 0 Å². The molecule has 0 heterocycles. The minimum atomic E-state index is -1.07. The van der Waals surface area contributed by atoms with E-state index in [0.717, 1.165) is 25.7 Å². The standard InChI is InChI=1S/C22H38O5/c1-2-3-4-5-6-7-8-9-10-11-12-13-14-15-16-17-21(25)27-22(26)19-18-20(23)24/h9-10H,2-8,11-19H2,1H3,(H,23,24). The average Bonchev–Trinajstić information content (AvgIpc) is 2.63. The molecule has 0 saturated carbocycles. The second kappa shape index (κ2) is 19.1. The third-order valence-electron chi connectivity index (χ3n) is 4.41. The number of esters is 2. The summed E-state index contributed by atoms with van der Waals surface area (Å²) in [6.45, 7) is 2.24. The third kappa shape index (κ3) is 20.5. The number of carbonyl (C=O) groups is 3. The van der Waals surface area contributed by atoms with E-state index >= 15 is 0 Å². The van der Waals surface area contributed by atoms with Gasteiger partial charge < -0.3 is 9.84 Å². The summed E-state index contributed by atoms with van der Waals surface area (Å²) in [5.41, 5.74) is 0. The predicted octanol–water partition coefficient (Wildman–Crippen LogP) is 5.96. The molecule has 0 atom stereocenters. The fraction of sp³-hybridized carbons (Fsp3) is 0.773. The number of carboxylic acids is 1. The number of ether oxygens (including phenoxy) is 1. The molecule has 5 heteroatoms. The number of carboxylic acid groups (broad SMARTS) is 1. The summed E-state index contributed by atoms with van der Waals surface area (Å²) in [6, 6.07) is 0. The largest absolute Gasteiger partial charge is 0.481 e. The lowest BCUT2D eigenvalue weighted by molar-refractivity contribution is -0.161. The Balaban J connectivity index is 3.34. The molecule has 5 nitrogen and oxygen atoms in total. The van der Waals surface area contributed by atoms with Crippen molar-refractivity contribution in [1.29, 1.82) is 0 Å². The minimum absolute atomic E-state index is 0.219. The van der Waals surface area contributed by atoms with Crippen LogP contribution >= 0.6 is 0 Å². The van der Waals surface area contributed by atoms with Gasteiger partial charge in [0.1, 0.15) is 0 Å². The Morgan fingerprint density at radius 2 is 1.15 bits per heavy atom. The molecule has 0 fully saturated rings. The van der Waals surface area contributed by atoms with Gasteiger partial charge in [-0.05, 0) is 32.1 Å². The molecule has 0 aromatic rings. The van der Waals surface area contributed by atoms with Crippen LogP contribution < -0.4 is 0 Å². The van der Waals surface area contributed by atoms with E-state index in [2.05, 4.69) is 23.8 Å². The maximum absolute atomic E-state index is 11.4. The van der Waals surface area contributed by atoms with Crippen LogP contribution in [0, 0.1) is 0 Å². The fourth-order valence-corrected chi connectivity index (χ4v) is 2.78. The van der Waals surface area contributed by atoms with Crippen LogP contribution in [0.4, 0.5) is 0 Å². The highest BCUT2D eigenvalue weighted by molar-refractivity contribution is 5.86. The Morgan fingerprint density at radius 3 is 1.70 bits per heavy atom. The maximum atomic E-state index is 11.4. The van der Waals surface area contributed by atoms with Crippen LogP contribution in [-0.2, 0) is 19.1 Å². The fourth-order valence-electron chi connectivity index (χ4n) is 2.78. The first-order chi connectivity index (χ1) is 13.1. The molecular formula is C22H38O5. The van der Waals surface area contributed by atoms with E-state index in [0.29, 0.717) is 6.42 Å². The second-order valence-corrected chi connectivity index (χ2v) is 7.07. The number of unbranched alkanes of at least 4 members (excludes halogenated alkanes) is 11. The Morgan fingerprint density at radius 1 is 0.667 bits per heavy atom. The van der Waals surface area contributed by atoms with E-state index in [1.165, 1.54) is 51.4 Å². The lowest BCUT2D eigenvalue weighted by Gasteiger charge is -2.02. The minimum Gasteiger partial charge on any atom is -0.481 e. The monoisotopic (exact) mass is 382 g/mol. The molecule has 27 heavy (non-hydrogen) atoms. The Labute approximate surface area is 164 Å². The molecule has 0 aromatic carbocycles. The zero-order valence-electron chi connectivity index (χ0n) is 17.0. The van der Waals surface area contributed by atoms with Crippen LogP contribution in [0.25, 0.3) is 0 Å². The average molecular weight is 383 g/mol. The smallest absolute Gasteiger partial charge is 0.314 e. The highest BCUT2D eigenvalue weighted by Gasteiger charge is 2.11. The van der Waals surface area contributed by atoms with Crippen LogP contribution in [0.15, 0.2) is 12.2 Å². The molecule has 0 aliphatic carbocycles. The van der Waals surface area contributed by atoms with Gasteiger partial charge in [-0.3, -0.25) is 14.4 Å². The van der Waals surface area contributed by atoms with Crippen LogP contribution in [0.3, 0.4) is 0 Å². The van der Waals surface area contributed by atoms with Gasteiger partial charge in [0.2, 0.25) is 0 Å². The SMILES string of the molecule is CCCCCCCCC=CCCCCCCCC(=O)OC(=O)CCC(=O)O. The molecule has 0 amide bonds. The van der Waals surface area contributed by atoms with Gasteiger partial charge in [0.05, 0.1) is 12.8 Å². The van der Waals surface area contributed by atoms with E-state index in [1.54, 1.807) is 0 Å². The molecule has 0 unspecified atom stereocenters. The van der Waals surface area contributed by atoms with E-state index < -0.39 is 17.9 Å². The highest BCUT2D eigenvalue weighted by atomic mass is 16.6. The quantitative estimate of drug-likeness (QED) is 0.137. The second-order valence-electron chi connectivity index (χ2n) is 7.07. The summed E-state index contributed by atoms with van der Waals surface area (Å²) in [4.78, 5) is 33.0. The van der Waals surface area contributed by atoms with Gasteiger partial charge in [-0.25, -0.2) is 0 Å². The van der Waals surface area contributed by atoms with E-state index in [9.17, 15) is 14.4 Å². The van der Waals surface area contributed by atoms with Crippen LogP contribution in [0.1, 0.15) is 110 Å². The van der Waals surface area contributed by atoms with Crippen molar-refractivity contribution < 1.29 is 24.2 Å². The Kier molecular flexibility index (Phi) is 18.0. The van der Waals surface area contributed by atoms with Gasteiger partial charge in [0.15, 0.2) is 0 Å². The van der Waals surface area contributed by atoms with Crippen molar-refractivity contribution in [2.45, 2.75) is 110 Å². The van der Waals surface area contributed by atoms with Crippen molar-refractivity contribution in [2.75, 3.05) is 0 Å². The van der Waals surface area contributed by atoms with Crippen molar-refractivity contribution >= 4 is 17.9 Å². The first kappa shape index (κ1) is 25.4. The molecule has 0 rings (SSSR count). The summed E-state index contributed by atoms with van der Waals surface area (Å²) in [7, 11) is 0. The van der Waals surface area contributed by atoms with Crippen LogP contribution in [0.5, 0.6) is 0 Å². The first-order valence-corrected chi connectivity index (χ1v) is 10.7. The lowest BCUT2D eigenvalue weighted by atomic mass is 10.1. The molecule has 0 aliphatic heterocycles. The number of hydrogen-bond acceptors (Lipinski definition) is 4. The molecule has 0 aliphatic rings. The van der Waals surface area contributed by atoms with Gasteiger partial charge in [-0.2, -0.15) is 0 Å². The Hall–Kier alpha value is -1.65. The molecule has 0 radical (unpaired) electrons. The first-order valence-electron chi connectivity index (χ1n) is 10.7. The molecule has 156 valence electrons. The van der Waals surface area contributed by atoms with Gasteiger partial charge in [-0.15, -0.1) is 0 Å². The van der Waals surface area contributed by atoms with Crippen LogP contribution in [-0.4, -0.2) is 23.0 Å². The number of carbonyl (C=O) groups excluding carboxylic acids is 2. The lowest BCUT2D eigenvalue weighted by Crippen LogP contribution is -2.13. The summed E-state index contributed by atoms with van der Waals surface area (Å²) in [6.07, 6.45) is 19.7. The highest BCUT2D eigenvalue weighted by Crippen LogP contribution is 2.10. The molecular weight excluding hydrogens is 344 g/mol. The molecule has 0 bridgehead atoms. The van der Waals surface area contributed by atoms with Crippen molar-refractivity contribution in [1.82, 2.24) is 0 Å². The Bertz CT molecular complexity index is 428. The summed E-state index contributed by atoms with van der Waals surface area (Å²) < 4.78 is 4.57. The normalized spacial score (nSPS) is 11.0. The molecule has 0 saturated heterocycles. The number of allylic oxidation sites excluding steroid dienone is 2. The van der Waals surface area contributed by atoms with Crippen molar-refractivity contribution in [3.05, 3.63) is 12.2 Å². The van der Waals surface area contributed by atoms with Gasteiger partial charge in [0.25, 0.3) is 0 Å².